The average molecular weight is 266 g/mol. The number of benzene rings is 1. The summed E-state index contributed by atoms with van der Waals surface area (Å²) in [4.78, 5) is 23.3. The van der Waals surface area contributed by atoms with E-state index in [4.69, 9.17) is 9.84 Å². The highest BCUT2D eigenvalue weighted by molar-refractivity contribution is 5.75. The van der Waals surface area contributed by atoms with Crippen LogP contribution in [0.1, 0.15) is 5.56 Å². The number of carbonyl (C=O) groups is 1. The zero-order valence-corrected chi connectivity index (χ0v) is 10.4. The first-order chi connectivity index (χ1) is 9.00. The number of rotatable bonds is 3. The van der Waals surface area contributed by atoms with Gasteiger partial charge in [-0.3, -0.25) is 10.1 Å². The number of hydrogen-bond donors (Lipinski definition) is 1. The second-order valence-corrected chi connectivity index (χ2v) is 4.34. The van der Waals surface area contributed by atoms with Gasteiger partial charge in [0.2, 0.25) is 0 Å². The molecule has 0 aromatic heterocycles. The molecule has 0 spiro atoms. The maximum absolute atomic E-state index is 11.1. The molecule has 1 aliphatic heterocycles. The minimum atomic E-state index is -1.05. The van der Waals surface area contributed by atoms with E-state index >= 15 is 0 Å². The van der Waals surface area contributed by atoms with Gasteiger partial charge in [-0.05, 0) is 12.5 Å². The molecule has 1 fully saturated rings. The third kappa shape index (κ3) is 2.65. The summed E-state index contributed by atoms with van der Waals surface area (Å²) in [5.74, 6) is -1.05. The minimum Gasteiger partial charge on any atom is -0.479 e. The second-order valence-electron chi connectivity index (χ2n) is 4.34. The van der Waals surface area contributed by atoms with Crippen molar-refractivity contribution in [1.82, 2.24) is 0 Å². The fourth-order valence-corrected chi connectivity index (χ4v) is 2.20. The maximum Gasteiger partial charge on any atom is 0.334 e. The van der Waals surface area contributed by atoms with Crippen molar-refractivity contribution in [2.24, 2.45) is 0 Å². The number of carboxylic acid groups (broad SMARTS) is 1. The maximum atomic E-state index is 11.1. The minimum absolute atomic E-state index is 0.00830. The summed E-state index contributed by atoms with van der Waals surface area (Å²) < 4.78 is 5.12. The van der Waals surface area contributed by atoms with Gasteiger partial charge in [-0.1, -0.05) is 12.1 Å². The number of nitro groups is 1. The van der Waals surface area contributed by atoms with Gasteiger partial charge < -0.3 is 14.7 Å². The Balaban J connectivity index is 2.35. The van der Waals surface area contributed by atoms with Crippen molar-refractivity contribution in [3.8, 4) is 0 Å². The molecule has 1 unspecified atom stereocenters. The van der Waals surface area contributed by atoms with Crippen molar-refractivity contribution in [3.63, 3.8) is 0 Å². The van der Waals surface area contributed by atoms with E-state index in [2.05, 4.69) is 0 Å². The van der Waals surface area contributed by atoms with Crippen molar-refractivity contribution in [3.05, 3.63) is 33.9 Å². The SMILES string of the molecule is Cc1cccc([N+](=O)[O-])c1N1CCOC(C(=O)O)C1. The van der Waals surface area contributed by atoms with E-state index in [1.807, 2.05) is 0 Å². The van der Waals surface area contributed by atoms with Gasteiger partial charge in [0, 0.05) is 12.6 Å². The van der Waals surface area contributed by atoms with Crippen LogP contribution in [0.15, 0.2) is 18.2 Å². The number of ether oxygens (including phenoxy) is 1. The molecule has 2 rings (SSSR count). The molecular weight excluding hydrogens is 252 g/mol. The van der Waals surface area contributed by atoms with Gasteiger partial charge >= 0.3 is 5.97 Å². The molecule has 0 radical (unpaired) electrons. The van der Waals surface area contributed by atoms with Crippen molar-refractivity contribution >= 4 is 17.3 Å². The number of aryl methyl sites for hydroxylation is 1. The van der Waals surface area contributed by atoms with E-state index in [-0.39, 0.29) is 18.8 Å². The molecule has 7 nitrogen and oxygen atoms in total. The summed E-state index contributed by atoms with van der Waals surface area (Å²) in [5, 5.41) is 20.0. The van der Waals surface area contributed by atoms with Crippen molar-refractivity contribution in [2.45, 2.75) is 13.0 Å². The topological polar surface area (TPSA) is 92.9 Å². The van der Waals surface area contributed by atoms with Crippen LogP contribution < -0.4 is 4.90 Å². The Bertz CT molecular complexity index is 517. The summed E-state index contributed by atoms with van der Waals surface area (Å²) in [5.41, 5.74) is 1.22. The Hall–Kier alpha value is -2.15. The molecule has 0 amide bonds. The van der Waals surface area contributed by atoms with Crippen molar-refractivity contribution < 1.29 is 19.6 Å². The smallest absolute Gasteiger partial charge is 0.334 e. The molecule has 1 N–H and O–H groups in total. The summed E-state index contributed by atoms with van der Waals surface area (Å²) >= 11 is 0. The predicted molar refractivity (Wildman–Crippen MR) is 67.4 cm³/mol. The first-order valence-corrected chi connectivity index (χ1v) is 5.84. The lowest BCUT2D eigenvalue weighted by molar-refractivity contribution is -0.384. The summed E-state index contributed by atoms with van der Waals surface area (Å²) in [7, 11) is 0. The molecule has 1 heterocycles. The molecule has 0 saturated carbocycles. The lowest BCUT2D eigenvalue weighted by Crippen LogP contribution is -2.46. The van der Waals surface area contributed by atoms with E-state index in [0.717, 1.165) is 5.56 Å². The number of aliphatic carboxylic acids is 1. The molecule has 1 saturated heterocycles. The van der Waals surface area contributed by atoms with Gasteiger partial charge in [0.25, 0.3) is 5.69 Å². The molecular formula is C12H14N2O5. The van der Waals surface area contributed by atoms with Gasteiger partial charge in [-0.2, -0.15) is 0 Å². The Morgan fingerprint density at radius 3 is 2.95 bits per heavy atom. The Morgan fingerprint density at radius 2 is 2.32 bits per heavy atom. The number of carboxylic acids is 1. The summed E-state index contributed by atoms with van der Waals surface area (Å²) in [6.45, 7) is 2.56. The van der Waals surface area contributed by atoms with Gasteiger partial charge in [0.15, 0.2) is 6.10 Å². The number of nitro benzene ring substituents is 1. The molecule has 1 aromatic rings. The standard InChI is InChI=1S/C12H14N2O5/c1-8-3-2-4-9(14(17)18)11(8)13-5-6-19-10(7-13)12(15)16/h2-4,10H,5-7H2,1H3,(H,15,16). The van der Waals surface area contributed by atoms with Crippen LogP contribution in [0.3, 0.4) is 0 Å². The van der Waals surface area contributed by atoms with Gasteiger partial charge in [0.05, 0.1) is 18.1 Å². The fourth-order valence-electron chi connectivity index (χ4n) is 2.20. The largest absolute Gasteiger partial charge is 0.479 e. The van der Waals surface area contributed by atoms with Crippen LogP contribution in [-0.4, -0.2) is 41.8 Å². The number of anilines is 1. The van der Waals surface area contributed by atoms with Crippen LogP contribution in [0.5, 0.6) is 0 Å². The van der Waals surface area contributed by atoms with E-state index in [1.54, 1.807) is 24.0 Å². The number of morpholine rings is 1. The van der Waals surface area contributed by atoms with E-state index in [0.29, 0.717) is 12.2 Å². The van der Waals surface area contributed by atoms with Crippen LogP contribution in [0, 0.1) is 17.0 Å². The van der Waals surface area contributed by atoms with E-state index in [1.165, 1.54) is 6.07 Å². The van der Waals surface area contributed by atoms with Crippen LogP contribution in [0.2, 0.25) is 0 Å². The van der Waals surface area contributed by atoms with Gasteiger partial charge in [-0.15, -0.1) is 0 Å². The fraction of sp³-hybridized carbons (Fsp3) is 0.417. The first kappa shape index (κ1) is 13.3. The molecule has 0 bridgehead atoms. The van der Waals surface area contributed by atoms with E-state index < -0.39 is 17.0 Å². The second kappa shape index (κ2) is 5.23. The third-order valence-electron chi connectivity index (χ3n) is 3.07. The molecule has 102 valence electrons. The zero-order chi connectivity index (χ0) is 14.0. The van der Waals surface area contributed by atoms with Gasteiger partial charge in [-0.25, -0.2) is 4.79 Å². The van der Waals surface area contributed by atoms with Crippen molar-refractivity contribution in [1.29, 1.82) is 0 Å². The normalized spacial score (nSPS) is 19.2. The van der Waals surface area contributed by atoms with Crippen LogP contribution in [0.25, 0.3) is 0 Å². The average Bonchev–Trinajstić information content (AvgIpc) is 2.38. The molecule has 0 aliphatic carbocycles. The molecule has 19 heavy (non-hydrogen) atoms. The summed E-state index contributed by atoms with van der Waals surface area (Å²) in [6.07, 6.45) is -0.951. The summed E-state index contributed by atoms with van der Waals surface area (Å²) in [6, 6.07) is 4.81. The molecule has 1 aliphatic rings. The third-order valence-corrected chi connectivity index (χ3v) is 3.07. The lowest BCUT2D eigenvalue weighted by atomic mass is 10.1. The van der Waals surface area contributed by atoms with E-state index in [9.17, 15) is 14.9 Å². The highest BCUT2D eigenvalue weighted by Gasteiger charge is 2.30. The van der Waals surface area contributed by atoms with Crippen LogP contribution in [0.4, 0.5) is 11.4 Å². The Labute approximate surface area is 109 Å². The van der Waals surface area contributed by atoms with Crippen LogP contribution in [-0.2, 0) is 9.53 Å². The molecule has 7 heteroatoms. The van der Waals surface area contributed by atoms with Gasteiger partial charge in [0.1, 0.15) is 5.69 Å². The number of hydrogen-bond acceptors (Lipinski definition) is 5. The number of para-hydroxylation sites is 1. The highest BCUT2D eigenvalue weighted by Crippen LogP contribution is 2.32. The molecule has 1 atom stereocenters. The monoisotopic (exact) mass is 266 g/mol. The lowest BCUT2D eigenvalue weighted by Gasteiger charge is -2.33. The van der Waals surface area contributed by atoms with Crippen LogP contribution >= 0.6 is 0 Å². The Morgan fingerprint density at radius 1 is 1.58 bits per heavy atom. The zero-order valence-electron chi connectivity index (χ0n) is 10.4. The predicted octanol–water partition coefficient (Wildman–Crippen LogP) is 1.19. The Kier molecular flexibility index (Phi) is 3.66. The van der Waals surface area contributed by atoms with Crippen molar-refractivity contribution in [2.75, 3.05) is 24.6 Å². The first-order valence-electron chi connectivity index (χ1n) is 5.84. The molecule has 1 aromatic carbocycles. The highest BCUT2D eigenvalue weighted by atomic mass is 16.6. The quantitative estimate of drug-likeness (QED) is 0.652. The number of nitrogens with zero attached hydrogens (tertiary/aromatic N) is 2.